The molecule has 49 heavy (non-hydrogen) atoms. The number of esters is 1. The molecule has 5 bridgehead atoms. The number of aliphatic hydroxyl groups is 1. The first-order valence-electron chi connectivity index (χ1n) is 16.8. The molecule has 0 unspecified atom stereocenters. The minimum absolute atomic E-state index is 0.126. The molecule has 2 aromatic rings. The summed E-state index contributed by atoms with van der Waals surface area (Å²) in [5.41, 5.74) is -0.303. The molecule has 12 heteroatoms. The van der Waals surface area contributed by atoms with Crippen LogP contribution in [0, 0.1) is 17.8 Å². The highest BCUT2D eigenvalue weighted by molar-refractivity contribution is 9.11. The van der Waals surface area contributed by atoms with Gasteiger partial charge in [0.05, 0.1) is 24.6 Å². The number of cyclic esters (lactones) is 1. The third-order valence-corrected chi connectivity index (χ3v) is 11.3. The number of ether oxygens (including phenoxy) is 2. The Bertz CT molecular complexity index is 1650. The number of anilines is 1. The number of rotatable bonds is 6. The molecule has 260 valence electrons. The second kappa shape index (κ2) is 14.4. The number of halogens is 2. The third kappa shape index (κ3) is 6.35. The number of hydrogen-bond donors (Lipinski definition) is 2. The van der Waals surface area contributed by atoms with E-state index in [1.807, 2.05) is 56.3 Å². The summed E-state index contributed by atoms with van der Waals surface area (Å²) in [6, 6.07) is 13.4. The highest BCUT2D eigenvalue weighted by atomic mass is 79.9. The van der Waals surface area contributed by atoms with Crippen molar-refractivity contribution in [2.45, 2.75) is 76.0 Å². The third-order valence-electron chi connectivity index (χ3n) is 10.3. The van der Waals surface area contributed by atoms with Gasteiger partial charge in [-0.1, -0.05) is 90.3 Å². The van der Waals surface area contributed by atoms with Gasteiger partial charge < -0.3 is 29.7 Å². The van der Waals surface area contributed by atoms with Crippen molar-refractivity contribution in [3.05, 3.63) is 87.9 Å². The molecule has 2 fully saturated rings. The number of allylic oxidation sites excluding steroid dienone is 1. The van der Waals surface area contributed by atoms with Crippen LogP contribution in [-0.2, 0) is 28.7 Å². The number of aliphatic hydroxyl groups excluding tert-OH is 1. The van der Waals surface area contributed by atoms with E-state index in [1.54, 1.807) is 42.2 Å². The maximum atomic E-state index is 15.1. The normalized spacial score (nSPS) is 32.3. The van der Waals surface area contributed by atoms with Crippen LogP contribution in [0.5, 0.6) is 0 Å². The first-order valence-corrected chi connectivity index (χ1v) is 17.9. The SMILES string of the molecule is CC[C@H](C)[C@H](CO)N1C(=O)[C@@H]2[C@H]3C(=O)O[C@@H](c4ccccc4)[C@H](C)NC(=O)CC/C=C\CN(c4ccc(Cl)cc4)C(=O)[C@@H]1[C@]21C=C(Br)[C@H]3O1. The Labute approximate surface area is 299 Å². The van der Waals surface area contributed by atoms with Crippen LogP contribution in [0.3, 0.4) is 0 Å². The summed E-state index contributed by atoms with van der Waals surface area (Å²) >= 11 is 9.82. The number of likely N-dealkylation sites (tertiary alicyclic amines) is 1. The van der Waals surface area contributed by atoms with Crippen molar-refractivity contribution in [1.29, 1.82) is 0 Å². The number of fused-ring (bicyclic) bond motifs is 2. The lowest BCUT2D eigenvalue weighted by Crippen LogP contribution is -2.59. The van der Waals surface area contributed by atoms with Gasteiger partial charge in [0.25, 0.3) is 5.91 Å². The average molecular weight is 755 g/mol. The molecule has 1 spiro atoms. The van der Waals surface area contributed by atoms with Crippen molar-refractivity contribution in [2.24, 2.45) is 17.8 Å². The lowest BCUT2D eigenvalue weighted by molar-refractivity contribution is -0.162. The van der Waals surface area contributed by atoms with Gasteiger partial charge in [0.1, 0.15) is 29.8 Å². The Balaban J connectivity index is 1.51. The zero-order valence-electron chi connectivity index (χ0n) is 27.6. The molecule has 0 radical (unpaired) electrons. The quantitative estimate of drug-likeness (QED) is 0.311. The standard InChI is InChI=1S/C37H41BrClN3O7/c1-4-21(2)27(20-43)42-33-35(46)41(25-16-14-24(39)15-17-25)18-10-6-9-13-28(44)40-22(3)31(23-11-7-5-8-12-23)48-36(47)29-30(34(42)45)37(33)19-26(38)32(29)49-37/h5-8,10-12,14-17,19,21-22,27,29-33,43H,4,9,13,18,20H2,1-3H3,(H,40,44)/b10-6-/t21-,22-,27-,29+,30-,31+,32+,33+,37-/m0/s1. The van der Waals surface area contributed by atoms with Gasteiger partial charge in [-0.15, -0.1) is 0 Å². The van der Waals surface area contributed by atoms with Crippen LogP contribution in [0.4, 0.5) is 5.69 Å². The van der Waals surface area contributed by atoms with E-state index in [9.17, 15) is 19.5 Å². The van der Waals surface area contributed by atoms with Gasteiger partial charge in [0.15, 0.2) is 0 Å². The number of hydrogen-bond acceptors (Lipinski definition) is 7. The molecule has 0 aromatic heterocycles. The van der Waals surface area contributed by atoms with Gasteiger partial charge in [-0.2, -0.15) is 0 Å². The molecule has 6 rings (SSSR count). The highest BCUT2D eigenvalue weighted by Gasteiger charge is 2.75. The Hall–Kier alpha value is -3.51. The Morgan fingerprint density at radius 2 is 1.76 bits per heavy atom. The Morgan fingerprint density at radius 3 is 2.43 bits per heavy atom. The summed E-state index contributed by atoms with van der Waals surface area (Å²) in [4.78, 5) is 60.4. The predicted molar refractivity (Wildman–Crippen MR) is 188 cm³/mol. The van der Waals surface area contributed by atoms with Crippen molar-refractivity contribution in [2.75, 3.05) is 18.1 Å². The number of benzene rings is 2. The lowest BCUT2D eigenvalue weighted by atomic mass is 9.74. The summed E-state index contributed by atoms with van der Waals surface area (Å²) in [7, 11) is 0. The molecule has 2 N–H and O–H groups in total. The average Bonchev–Trinajstić information content (AvgIpc) is 3.69. The van der Waals surface area contributed by atoms with E-state index < -0.39 is 65.6 Å². The second-order valence-corrected chi connectivity index (χ2v) is 14.6. The number of nitrogens with zero attached hydrogens (tertiary/aromatic N) is 2. The molecule has 4 heterocycles. The fraction of sp³-hybridized carbons (Fsp3) is 0.459. The smallest absolute Gasteiger partial charge is 0.313 e. The number of carbonyl (C=O) groups excluding carboxylic acids is 4. The van der Waals surface area contributed by atoms with Gasteiger partial charge in [-0.25, -0.2) is 0 Å². The van der Waals surface area contributed by atoms with Gasteiger partial charge in [0, 0.05) is 28.2 Å². The molecular formula is C37H41BrClN3O7. The molecule has 4 aliphatic heterocycles. The second-order valence-electron chi connectivity index (χ2n) is 13.3. The van der Waals surface area contributed by atoms with Crippen molar-refractivity contribution < 1.29 is 33.8 Å². The maximum absolute atomic E-state index is 15.1. The van der Waals surface area contributed by atoms with Crippen molar-refractivity contribution in [1.82, 2.24) is 10.2 Å². The van der Waals surface area contributed by atoms with Gasteiger partial charge in [0.2, 0.25) is 11.8 Å². The van der Waals surface area contributed by atoms with Gasteiger partial charge in [-0.05, 0) is 55.2 Å². The van der Waals surface area contributed by atoms with E-state index in [2.05, 4.69) is 21.2 Å². The van der Waals surface area contributed by atoms with Crippen LogP contribution in [-0.4, -0.2) is 76.7 Å². The van der Waals surface area contributed by atoms with Crippen molar-refractivity contribution in [3.8, 4) is 0 Å². The summed E-state index contributed by atoms with van der Waals surface area (Å²) in [5.74, 6) is -4.17. The molecule has 2 saturated heterocycles. The molecule has 9 atom stereocenters. The predicted octanol–water partition coefficient (Wildman–Crippen LogP) is 5.09. The minimum Gasteiger partial charge on any atom is -0.455 e. The van der Waals surface area contributed by atoms with Crippen LogP contribution >= 0.6 is 27.5 Å². The van der Waals surface area contributed by atoms with Crippen LogP contribution < -0.4 is 10.2 Å². The molecule has 0 saturated carbocycles. The van der Waals surface area contributed by atoms with Crippen LogP contribution in [0.1, 0.15) is 51.7 Å². The Kier molecular flexibility index (Phi) is 10.4. The van der Waals surface area contributed by atoms with E-state index in [-0.39, 0.29) is 31.4 Å². The molecule has 0 aliphatic carbocycles. The minimum atomic E-state index is -1.52. The summed E-state index contributed by atoms with van der Waals surface area (Å²) in [5, 5.41) is 14.2. The van der Waals surface area contributed by atoms with Crippen molar-refractivity contribution >= 4 is 56.9 Å². The zero-order valence-corrected chi connectivity index (χ0v) is 30.0. The molecular weight excluding hydrogens is 714 g/mol. The lowest BCUT2D eigenvalue weighted by Gasteiger charge is -2.40. The van der Waals surface area contributed by atoms with Crippen LogP contribution in [0.15, 0.2) is 77.3 Å². The highest BCUT2D eigenvalue weighted by Crippen LogP contribution is 2.59. The topological polar surface area (TPSA) is 125 Å². The van der Waals surface area contributed by atoms with E-state index in [0.29, 0.717) is 33.6 Å². The van der Waals surface area contributed by atoms with Crippen LogP contribution in [0.25, 0.3) is 0 Å². The fourth-order valence-corrected chi connectivity index (χ4v) is 8.55. The van der Waals surface area contributed by atoms with Crippen molar-refractivity contribution in [3.63, 3.8) is 0 Å². The van der Waals surface area contributed by atoms with Gasteiger partial charge in [-0.3, -0.25) is 19.2 Å². The fourth-order valence-electron chi connectivity index (χ4n) is 7.69. The maximum Gasteiger partial charge on any atom is 0.313 e. The Morgan fingerprint density at radius 1 is 1.04 bits per heavy atom. The molecule has 4 aliphatic rings. The molecule has 2 aromatic carbocycles. The first-order chi connectivity index (χ1) is 23.5. The van der Waals surface area contributed by atoms with Gasteiger partial charge >= 0.3 is 5.97 Å². The first kappa shape index (κ1) is 35.3. The zero-order chi connectivity index (χ0) is 35.0. The number of carbonyl (C=O) groups is 4. The van der Waals surface area contributed by atoms with E-state index in [0.717, 1.165) is 0 Å². The van der Waals surface area contributed by atoms with Crippen LogP contribution in [0.2, 0.25) is 5.02 Å². The van der Waals surface area contributed by atoms with E-state index in [4.69, 9.17) is 21.1 Å². The molecule has 10 nitrogen and oxygen atoms in total. The largest absolute Gasteiger partial charge is 0.455 e. The number of nitrogens with one attached hydrogen (secondary N) is 1. The number of amides is 3. The summed E-state index contributed by atoms with van der Waals surface area (Å²) in [6.45, 7) is 5.41. The van der Waals surface area contributed by atoms with E-state index >= 15 is 4.79 Å². The van der Waals surface area contributed by atoms with E-state index in [1.165, 1.54) is 4.90 Å². The monoisotopic (exact) mass is 753 g/mol. The molecule has 3 amide bonds. The summed E-state index contributed by atoms with van der Waals surface area (Å²) in [6.07, 6.45) is 4.89. The summed E-state index contributed by atoms with van der Waals surface area (Å²) < 4.78 is 13.4.